The van der Waals surface area contributed by atoms with Crippen molar-refractivity contribution in [1.29, 1.82) is 0 Å². The monoisotopic (exact) mass is 458 g/mol. The van der Waals surface area contributed by atoms with Gasteiger partial charge in [0, 0.05) is 27.7 Å². The molecule has 3 unspecified atom stereocenters. The van der Waals surface area contributed by atoms with Crippen LogP contribution in [0, 0.1) is 0 Å². The lowest BCUT2D eigenvalue weighted by Crippen LogP contribution is -2.60. The van der Waals surface area contributed by atoms with E-state index in [9.17, 15) is 19.2 Å². The molecule has 0 saturated carbocycles. The summed E-state index contributed by atoms with van der Waals surface area (Å²) in [6.45, 7) is 4.55. The molecule has 1 saturated heterocycles. The van der Waals surface area contributed by atoms with Crippen LogP contribution in [0.2, 0.25) is 0 Å². The van der Waals surface area contributed by atoms with Crippen LogP contribution in [0.3, 0.4) is 0 Å². The molecule has 136 valence electrons. The highest BCUT2D eigenvalue weighted by Crippen LogP contribution is 2.31. The Balaban J connectivity index is 3.11. The predicted molar refractivity (Wildman–Crippen MR) is 86.0 cm³/mol. The Morgan fingerprint density at radius 2 is 1.25 bits per heavy atom. The van der Waals surface area contributed by atoms with Crippen LogP contribution in [0.25, 0.3) is 0 Å². The second kappa shape index (κ2) is 9.16. The van der Waals surface area contributed by atoms with Crippen molar-refractivity contribution in [2.45, 2.75) is 56.2 Å². The average molecular weight is 458 g/mol. The van der Waals surface area contributed by atoms with Crippen LogP contribution in [0.5, 0.6) is 0 Å². The molecule has 0 radical (unpaired) electrons. The largest absolute Gasteiger partial charge is 0.463 e. The van der Waals surface area contributed by atoms with Crippen LogP contribution >= 0.6 is 22.6 Å². The molecule has 0 bridgehead atoms. The van der Waals surface area contributed by atoms with Crippen molar-refractivity contribution in [3.05, 3.63) is 0 Å². The van der Waals surface area contributed by atoms with Gasteiger partial charge in [-0.25, -0.2) is 0 Å². The number of hydrogen-bond donors (Lipinski definition) is 0. The molecule has 0 amide bonds. The predicted octanol–water partition coefficient (Wildman–Crippen LogP) is 0.504. The summed E-state index contributed by atoms with van der Waals surface area (Å²) in [6.07, 6.45) is -4.05. The quantitative estimate of drug-likeness (QED) is 0.252. The summed E-state index contributed by atoms with van der Waals surface area (Å²) in [5, 5.41) is 0. The van der Waals surface area contributed by atoms with Crippen molar-refractivity contribution in [2.24, 2.45) is 0 Å². The Kier molecular flexibility index (Phi) is 7.87. The summed E-state index contributed by atoms with van der Waals surface area (Å²) >= 11 is 1.86. The lowest BCUT2D eigenvalue weighted by Gasteiger charge is -2.42. The van der Waals surface area contributed by atoms with E-state index in [-0.39, 0.29) is 6.61 Å². The smallest absolute Gasteiger partial charge is 0.303 e. The van der Waals surface area contributed by atoms with Gasteiger partial charge in [-0.15, -0.1) is 0 Å². The first-order valence-electron chi connectivity index (χ1n) is 7.06. The van der Waals surface area contributed by atoms with Gasteiger partial charge in [-0.1, -0.05) is 0 Å². The van der Waals surface area contributed by atoms with Gasteiger partial charge in [0.15, 0.2) is 18.3 Å². The Bertz CT molecular complexity index is 506. The molecule has 9 nitrogen and oxygen atoms in total. The number of alkyl halides is 1. The number of carbonyl (C=O) groups is 4. The number of halogens is 1. The maximum atomic E-state index is 11.4. The molecule has 1 heterocycles. The highest BCUT2D eigenvalue weighted by molar-refractivity contribution is 14.1. The summed E-state index contributed by atoms with van der Waals surface area (Å²) in [4.78, 5) is 45.2. The summed E-state index contributed by atoms with van der Waals surface area (Å²) in [5.41, 5.74) is 0. The third-order valence-electron chi connectivity index (χ3n) is 2.93. The molecule has 1 aliphatic heterocycles. The zero-order valence-electron chi connectivity index (χ0n) is 13.6. The normalized spacial score (nSPS) is 29.3. The number of carbonyl (C=O) groups excluding carboxylic acids is 4. The minimum absolute atomic E-state index is 0.211. The fraction of sp³-hybridized carbons (Fsp3) is 0.714. The van der Waals surface area contributed by atoms with Crippen molar-refractivity contribution < 1.29 is 42.9 Å². The highest BCUT2D eigenvalue weighted by atomic mass is 127. The van der Waals surface area contributed by atoms with E-state index in [0.29, 0.717) is 0 Å². The van der Waals surface area contributed by atoms with E-state index in [1.807, 2.05) is 22.6 Å². The van der Waals surface area contributed by atoms with E-state index in [1.165, 1.54) is 27.7 Å². The van der Waals surface area contributed by atoms with Crippen LogP contribution < -0.4 is 0 Å². The Morgan fingerprint density at radius 1 is 0.792 bits per heavy atom. The van der Waals surface area contributed by atoms with E-state index < -0.39 is 52.4 Å². The van der Waals surface area contributed by atoms with Gasteiger partial charge in [0.2, 0.25) is 0 Å². The third-order valence-corrected chi connectivity index (χ3v) is 3.94. The molecular weight excluding hydrogens is 439 g/mol. The van der Waals surface area contributed by atoms with Gasteiger partial charge < -0.3 is 23.7 Å². The first kappa shape index (κ1) is 20.6. The van der Waals surface area contributed by atoms with E-state index >= 15 is 0 Å². The fourth-order valence-corrected chi connectivity index (χ4v) is 3.11. The van der Waals surface area contributed by atoms with Gasteiger partial charge in [-0.3, -0.25) is 19.2 Å². The van der Waals surface area contributed by atoms with Crippen molar-refractivity contribution in [3.8, 4) is 0 Å². The zero-order chi connectivity index (χ0) is 18.4. The summed E-state index contributed by atoms with van der Waals surface area (Å²) in [6, 6.07) is 0. The molecule has 10 heteroatoms. The first-order chi connectivity index (χ1) is 11.1. The molecule has 0 aromatic rings. The average Bonchev–Trinajstić information content (AvgIpc) is 2.42. The van der Waals surface area contributed by atoms with E-state index in [1.54, 1.807) is 0 Å². The first-order valence-corrected chi connectivity index (χ1v) is 8.31. The van der Waals surface area contributed by atoms with Gasteiger partial charge in [0.05, 0.1) is 0 Å². The van der Waals surface area contributed by atoms with Gasteiger partial charge in [0.1, 0.15) is 16.8 Å². The Hall–Kier alpha value is -1.43. The molecule has 24 heavy (non-hydrogen) atoms. The molecule has 1 rings (SSSR count). The van der Waals surface area contributed by atoms with Crippen LogP contribution in [-0.2, 0) is 42.9 Å². The minimum atomic E-state index is -1.10. The highest BCUT2D eigenvalue weighted by Gasteiger charge is 2.51. The standard InChI is InChI=1S/C14H19IO9/c1-6(16)20-5-10-11(21-7(2)17)12(22-8(3)18)13(14(15)24-10)23-9(4)19/h10-14H,5H2,1-4H3/t10?,11-,12?,13?,14-/m0/s1. The maximum Gasteiger partial charge on any atom is 0.303 e. The Labute approximate surface area is 152 Å². The van der Waals surface area contributed by atoms with Crippen LogP contribution in [0.4, 0.5) is 0 Å². The third kappa shape index (κ3) is 6.23. The number of esters is 4. The van der Waals surface area contributed by atoms with Crippen molar-refractivity contribution in [2.75, 3.05) is 6.61 Å². The molecule has 0 spiro atoms. The molecule has 1 fully saturated rings. The lowest BCUT2D eigenvalue weighted by molar-refractivity contribution is -0.234. The molecule has 0 aromatic heterocycles. The van der Waals surface area contributed by atoms with Crippen LogP contribution in [0.1, 0.15) is 27.7 Å². The summed E-state index contributed by atoms with van der Waals surface area (Å²) < 4.78 is 25.4. The molecule has 0 aliphatic carbocycles. The minimum Gasteiger partial charge on any atom is -0.463 e. The van der Waals surface area contributed by atoms with Gasteiger partial charge in [-0.2, -0.15) is 0 Å². The van der Waals surface area contributed by atoms with Gasteiger partial charge in [0.25, 0.3) is 0 Å². The van der Waals surface area contributed by atoms with Crippen molar-refractivity contribution in [3.63, 3.8) is 0 Å². The molecule has 0 N–H and O–H groups in total. The second-order valence-corrected chi connectivity index (χ2v) is 6.28. The molecule has 5 atom stereocenters. The van der Waals surface area contributed by atoms with Crippen molar-refractivity contribution in [1.82, 2.24) is 0 Å². The SMILES string of the molecule is CC(=O)OCC1O[C@H](I)C(OC(C)=O)C(OC(C)=O)[C@H]1OC(C)=O. The van der Waals surface area contributed by atoms with E-state index in [4.69, 9.17) is 23.7 Å². The van der Waals surface area contributed by atoms with Gasteiger partial charge >= 0.3 is 23.9 Å². The second-order valence-electron chi connectivity index (χ2n) is 5.05. The van der Waals surface area contributed by atoms with Gasteiger partial charge in [-0.05, 0) is 22.6 Å². The number of hydrogen-bond acceptors (Lipinski definition) is 9. The summed E-state index contributed by atoms with van der Waals surface area (Å²) in [5.74, 6) is -2.45. The summed E-state index contributed by atoms with van der Waals surface area (Å²) in [7, 11) is 0. The molecule has 1 aliphatic rings. The molecule has 0 aromatic carbocycles. The Morgan fingerprint density at radius 3 is 1.71 bits per heavy atom. The fourth-order valence-electron chi connectivity index (χ4n) is 2.18. The number of rotatable bonds is 5. The van der Waals surface area contributed by atoms with Crippen LogP contribution in [-0.4, -0.2) is 59.0 Å². The van der Waals surface area contributed by atoms with Crippen molar-refractivity contribution >= 4 is 46.5 Å². The van der Waals surface area contributed by atoms with Crippen LogP contribution in [0.15, 0.2) is 0 Å². The lowest BCUT2D eigenvalue weighted by atomic mass is 9.99. The zero-order valence-corrected chi connectivity index (χ0v) is 15.8. The van der Waals surface area contributed by atoms with E-state index in [2.05, 4.69) is 0 Å². The molecular formula is C14H19IO9. The maximum absolute atomic E-state index is 11.4. The topological polar surface area (TPSA) is 114 Å². The van der Waals surface area contributed by atoms with E-state index in [0.717, 1.165) is 0 Å². The number of ether oxygens (including phenoxy) is 5.